The van der Waals surface area contributed by atoms with Crippen LogP contribution < -0.4 is 10.6 Å². The number of nitrogens with one attached hydrogen (secondary N) is 2. The van der Waals surface area contributed by atoms with Crippen LogP contribution in [-0.2, 0) is 9.59 Å². The van der Waals surface area contributed by atoms with Crippen LogP contribution in [0.2, 0.25) is 0 Å². The predicted molar refractivity (Wildman–Crippen MR) is 71.8 cm³/mol. The largest absolute Gasteiger partial charge is 0.481 e. The summed E-state index contributed by atoms with van der Waals surface area (Å²) < 4.78 is 0. The number of aliphatic carboxylic acids is 1. The van der Waals surface area contributed by atoms with Crippen LogP contribution in [0.25, 0.3) is 0 Å². The van der Waals surface area contributed by atoms with Crippen molar-refractivity contribution in [1.82, 2.24) is 10.6 Å². The van der Waals surface area contributed by atoms with Gasteiger partial charge in [-0.05, 0) is 12.8 Å². The fraction of sp³-hybridized carbons (Fsp3) is 0.769. The normalized spacial score (nSPS) is 11.7. The fourth-order valence-electron chi connectivity index (χ4n) is 1.72. The summed E-state index contributed by atoms with van der Waals surface area (Å²) in [5.41, 5.74) is 0. The second-order valence-electron chi connectivity index (χ2n) is 4.54. The Kier molecular flexibility index (Phi) is 9.48. The summed E-state index contributed by atoms with van der Waals surface area (Å²) in [6, 6.07) is -0.470. The molecule has 0 rings (SSSR count). The van der Waals surface area contributed by atoms with Crippen LogP contribution in [0.1, 0.15) is 58.8 Å². The molecule has 0 heterocycles. The molecule has 0 aliphatic rings. The van der Waals surface area contributed by atoms with Crippen molar-refractivity contribution in [1.29, 1.82) is 0 Å². The Morgan fingerprint density at radius 3 is 2.26 bits per heavy atom. The quantitative estimate of drug-likeness (QED) is 0.598. The highest BCUT2D eigenvalue weighted by Gasteiger charge is 2.13. The number of rotatable bonds is 9. The van der Waals surface area contributed by atoms with Gasteiger partial charge < -0.3 is 10.4 Å². The highest BCUT2D eigenvalue weighted by Crippen LogP contribution is 2.06. The van der Waals surface area contributed by atoms with Crippen LogP contribution in [0, 0.1) is 0 Å². The Balaban J connectivity index is 4.03. The SMILES string of the molecule is CCCCC(CCC)NC(=O)NC(=O)CCC(=O)O. The van der Waals surface area contributed by atoms with Gasteiger partial charge in [0, 0.05) is 12.5 Å². The van der Waals surface area contributed by atoms with Gasteiger partial charge in [0.15, 0.2) is 0 Å². The van der Waals surface area contributed by atoms with Crippen LogP contribution in [-0.4, -0.2) is 29.1 Å². The van der Waals surface area contributed by atoms with Crippen LogP contribution >= 0.6 is 0 Å². The van der Waals surface area contributed by atoms with Gasteiger partial charge in [0.1, 0.15) is 0 Å². The maximum absolute atomic E-state index is 11.6. The number of carboxylic acids is 1. The van der Waals surface area contributed by atoms with E-state index in [0.717, 1.165) is 32.1 Å². The zero-order chi connectivity index (χ0) is 14.7. The molecule has 6 heteroatoms. The third kappa shape index (κ3) is 10.1. The average Bonchev–Trinajstić information content (AvgIpc) is 2.33. The lowest BCUT2D eigenvalue weighted by atomic mass is 10.1. The van der Waals surface area contributed by atoms with Crippen LogP contribution in [0.4, 0.5) is 4.79 Å². The lowest BCUT2D eigenvalue weighted by Crippen LogP contribution is -2.44. The second kappa shape index (κ2) is 10.3. The highest BCUT2D eigenvalue weighted by atomic mass is 16.4. The van der Waals surface area contributed by atoms with Crippen molar-refractivity contribution >= 4 is 17.9 Å². The summed E-state index contributed by atoms with van der Waals surface area (Å²) in [5.74, 6) is -1.62. The number of carboxylic acid groups (broad SMARTS) is 1. The first-order valence-electron chi connectivity index (χ1n) is 6.81. The molecule has 1 atom stereocenters. The van der Waals surface area contributed by atoms with E-state index in [2.05, 4.69) is 17.6 Å². The van der Waals surface area contributed by atoms with Crippen LogP contribution in [0.15, 0.2) is 0 Å². The van der Waals surface area contributed by atoms with E-state index in [0.29, 0.717) is 0 Å². The molecule has 0 aromatic carbocycles. The number of hydrogen-bond donors (Lipinski definition) is 3. The summed E-state index contributed by atoms with van der Waals surface area (Å²) in [6.45, 7) is 4.12. The minimum atomic E-state index is -1.05. The van der Waals surface area contributed by atoms with Gasteiger partial charge in [-0.15, -0.1) is 0 Å². The predicted octanol–water partition coefficient (Wildman–Crippen LogP) is 2.04. The minimum absolute atomic E-state index is 0.0669. The summed E-state index contributed by atoms with van der Waals surface area (Å²) in [5, 5.41) is 13.3. The molecule has 0 spiro atoms. The van der Waals surface area contributed by atoms with Crippen molar-refractivity contribution in [2.24, 2.45) is 0 Å². The number of urea groups is 1. The van der Waals surface area contributed by atoms with Gasteiger partial charge in [0.2, 0.25) is 5.91 Å². The number of carbonyl (C=O) groups is 3. The monoisotopic (exact) mass is 272 g/mol. The minimum Gasteiger partial charge on any atom is -0.481 e. The van der Waals surface area contributed by atoms with Crippen molar-refractivity contribution in [3.63, 3.8) is 0 Å². The van der Waals surface area contributed by atoms with E-state index in [1.54, 1.807) is 0 Å². The Morgan fingerprint density at radius 1 is 1.05 bits per heavy atom. The van der Waals surface area contributed by atoms with Gasteiger partial charge >= 0.3 is 12.0 Å². The van der Waals surface area contributed by atoms with Gasteiger partial charge in [0.25, 0.3) is 0 Å². The van der Waals surface area contributed by atoms with Gasteiger partial charge in [-0.2, -0.15) is 0 Å². The molecular weight excluding hydrogens is 248 g/mol. The standard InChI is InChI=1S/C13H24N2O4/c1-3-5-7-10(6-4-2)14-13(19)15-11(16)8-9-12(17)18/h10H,3-9H2,1-2H3,(H,17,18)(H2,14,15,16,19). The smallest absolute Gasteiger partial charge is 0.321 e. The van der Waals surface area contributed by atoms with Crippen molar-refractivity contribution in [2.75, 3.05) is 0 Å². The van der Waals surface area contributed by atoms with E-state index in [-0.39, 0.29) is 18.9 Å². The molecule has 0 aromatic heterocycles. The molecule has 0 bridgehead atoms. The summed E-state index contributed by atoms with van der Waals surface area (Å²) in [6.07, 6.45) is 4.35. The number of unbranched alkanes of at least 4 members (excludes halogenated alkanes) is 1. The Labute approximate surface area is 113 Å². The van der Waals surface area contributed by atoms with E-state index >= 15 is 0 Å². The number of amides is 3. The summed E-state index contributed by atoms with van der Waals surface area (Å²) in [7, 11) is 0. The zero-order valence-corrected chi connectivity index (χ0v) is 11.7. The first-order valence-corrected chi connectivity index (χ1v) is 6.81. The molecule has 0 fully saturated rings. The van der Waals surface area contributed by atoms with E-state index in [4.69, 9.17) is 5.11 Å². The molecule has 110 valence electrons. The molecule has 0 aromatic rings. The maximum atomic E-state index is 11.6. The maximum Gasteiger partial charge on any atom is 0.321 e. The van der Waals surface area contributed by atoms with Gasteiger partial charge in [0.05, 0.1) is 6.42 Å². The molecule has 3 amide bonds. The summed E-state index contributed by atoms with van der Waals surface area (Å²) >= 11 is 0. The van der Waals surface area contributed by atoms with E-state index in [1.807, 2.05) is 6.92 Å². The topological polar surface area (TPSA) is 95.5 Å². The molecule has 0 aliphatic heterocycles. The molecule has 0 saturated heterocycles. The third-order valence-corrected chi connectivity index (χ3v) is 2.70. The Morgan fingerprint density at radius 2 is 1.74 bits per heavy atom. The van der Waals surface area contributed by atoms with Crippen molar-refractivity contribution in [3.8, 4) is 0 Å². The van der Waals surface area contributed by atoms with Gasteiger partial charge in [-0.25, -0.2) is 4.79 Å². The van der Waals surface area contributed by atoms with Crippen LogP contribution in [0.3, 0.4) is 0 Å². The van der Waals surface area contributed by atoms with E-state index in [1.165, 1.54) is 0 Å². The van der Waals surface area contributed by atoms with Crippen LogP contribution in [0.5, 0.6) is 0 Å². The average molecular weight is 272 g/mol. The van der Waals surface area contributed by atoms with Crippen molar-refractivity contribution < 1.29 is 19.5 Å². The lowest BCUT2D eigenvalue weighted by molar-refractivity contribution is -0.138. The third-order valence-electron chi connectivity index (χ3n) is 2.70. The van der Waals surface area contributed by atoms with Crippen molar-refractivity contribution in [3.05, 3.63) is 0 Å². The van der Waals surface area contributed by atoms with E-state index < -0.39 is 17.9 Å². The van der Waals surface area contributed by atoms with Gasteiger partial charge in [-0.3, -0.25) is 14.9 Å². The molecule has 3 N–H and O–H groups in total. The number of carbonyl (C=O) groups excluding carboxylic acids is 2. The lowest BCUT2D eigenvalue weighted by Gasteiger charge is -2.17. The molecule has 6 nitrogen and oxygen atoms in total. The highest BCUT2D eigenvalue weighted by molar-refractivity contribution is 5.95. The fourth-order valence-corrected chi connectivity index (χ4v) is 1.72. The Bertz CT molecular complexity index is 305. The number of hydrogen-bond acceptors (Lipinski definition) is 3. The summed E-state index contributed by atoms with van der Waals surface area (Å²) in [4.78, 5) is 33.1. The number of imide groups is 1. The molecule has 0 radical (unpaired) electrons. The molecular formula is C13H24N2O4. The van der Waals surface area contributed by atoms with Crippen molar-refractivity contribution in [2.45, 2.75) is 64.8 Å². The molecule has 0 aliphatic carbocycles. The molecule has 0 saturated carbocycles. The Hall–Kier alpha value is -1.59. The molecule has 1 unspecified atom stereocenters. The van der Waals surface area contributed by atoms with Gasteiger partial charge in [-0.1, -0.05) is 33.1 Å². The molecule has 19 heavy (non-hydrogen) atoms. The van der Waals surface area contributed by atoms with E-state index in [9.17, 15) is 14.4 Å². The first kappa shape index (κ1) is 17.4. The zero-order valence-electron chi connectivity index (χ0n) is 11.7. The second-order valence-corrected chi connectivity index (χ2v) is 4.54. The first-order chi connectivity index (χ1) is 8.99.